The molecule has 2 nitrogen and oxygen atoms in total. The Labute approximate surface area is 113 Å². The topological polar surface area (TPSA) is 38.0 Å². The summed E-state index contributed by atoms with van der Waals surface area (Å²) in [5, 5.41) is 2.08. The Morgan fingerprint density at radius 2 is 2.00 bits per heavy atom. The number of benzene rings is 1. The lowest BCUT2D eigenvalue weighted by Gasteiger charge is -2.14. The van der Waals surface area contributed by atoms with Gasteiger partial charge >= 0.3 is 0 Å². The number of nitrogens with one attached hydrogen (secondary N) is 1. The van der Waals surface area contributed by atoms with E-state index in [-0.39, 0.29) is 6.04 Å². The molecule has 1 aromatic carbocycles. The highest BCUT2D eigenvalue weighted by molar-refractivity contribution is 14.1. The van der Waals surface area contributed by atoms with Gasteiger partial charge in [0.15, 0.2) is 0 Å². The second-order valence-electron chi connectivity index (χ2n) is 3.57. The quantitative estimate of drug-likeness (QED) is 0.508. The molecule has 0 fully saturated rings. The second-order valence-corrected chi connectivity index (χ2v) is 5.79. The molecule has 0 saturated heterocycles. The number of hydrazine groups is 1. The van der Waals surface area contributed by atoms with Gasteiger partial charge in [0.2, 0.25) is 0 Å². The molecule has 0 bridgehead atoms. The first-order valence-electron chi connectivity index (χ1n) is 5.03. The minimum atomic E-state index is 0.208. The summed E-state index contributed by atoms with van der Waals surface area (Å²) in [7, 11) is 0. The molecule has 0 aliphatic rings. The van der Waals surface area contributed by atoms with Gasteiger partial charge in [0, 0.05) is 8.45 Å². The van der Waals surface area contributed by atoms with Crippen LogP contribution in [0, 0.1) is 3.57 Å². The first-order valence-corrected chi connectivity index (χ1v) is 6.99. The lowest BCUT2D eigenvalue weighted by Crippen LogP contribution is -2.28. The van der Waals surface area contributed by atoms with Crippen molar-refractivity contribution in [3.63, 3.8) is 0 Å². The normalized spacial score (nSPS) is 12.6. The van der Waals surface area contributed by atoms with Crippen LogP contribution in [0.5, 0.6) is 0 Å². The third-order valence-electron chi connectivity index (χ3n) is 2.44. The van der Waals surface area contributed by atoms with Gasteiger partial charge in [-0.3, -0.25) is 11.3 Å². The van der Waals surface area contributed by atoms with Crippen LogP contribution in [0.15, 0.2) is 41.8 Å². The van der Waals surface area contributed by atoms with Crippen LogP contribution in [0.3, 0.4) is 0 Å². The molecule has 0 spiro atoms. The molecule has 0 aliphatic carbocycles. The smallest absolute Gasteiger partial charge is 0.0593 e. The second kappa shape index (κ2) is 5.77. The standard InChI is InChI=1S/C12H13IN2S/c13-10-5-3-9(4-6-10)8-11(15-14)12-2-1-7-16-12/h1-7,11,15H,8,14H2. The van der Waals surface area contributed by atoms with Crippen LogP contribution < -0.4 is 11.3 Å². The molecule has 3 N–H and O–H groups in total. The van der Waals surface area contributed by atoms with E-state index < -0.39 is 0 Å². The molecule has 84 valence electrons. The maximum absolute atomic E-state index is 5.60. The van der Waals surface area contributed by atoms with E-state index in [9.17, 15) is 0 Å². The molecule has 2 rings (SSSR count). The minimum Gasteiger partial charge on any atom is -0.271 e. The summed E-state index contributed by atoms with van der Waals surface area (Å²) in [6, 6.07) is 12.9. The Hall–Kier alpha value is -0.430. The van der Waals surface area contributed by atoms with Gasteiger partial charge in [0.1, 0.15) is 0 Å². The summed E-state index contributed by atoms with van der Waals surface area (Å²) >= 11 is 4.05. The van der Waals surface area contributed by atoms with E-state index in [0.717, 1.165) is 6.42 Å². The number of hydrogen-bond donors (Lipinski definition) is 2. The number of thiophene rings is 1. The summed E-state index contributed by atoms with van der Waals surface area (Å²) in [5.41, 5.74) is 4.18. The average molecular weight is 344 g/mol. The molecule has 2 aromatic rings. The summed E-state index contributed by atoms with van der Waals surface area (Å²) in [6.45, 7) is 0. The molecular formula is C12H13IN2S. The predicted molar refractivity (Wildman–Crippen MR) is 77.2 cm³/mol. The maximum Gasteiger partial charge on any atom is 0.0593 e. The summed E-state index contributed by atoms with van der Waals surface area (Å²) in [6.07, 6.45) is 0.925. The van der Waals surface area contributed by atoms with Gasteiger partial charge in [0.05, 0.1) is 6.04 Å². The molecule has 4 heteroatoms. The zero-order valence-corrected chi connectivity index (χ0v) is 11.7. The van der Waals surface area contributed by atoms with Crippen LogP contribution >= 0.6 is 33.9 Å². The van der Waals surface area contributed by atoms with E-state index in [1.54, 1.807) is 11.3 Å². The van der Waals surface area contributed by atoms with E-state index in [2.05, 4.69) is 69.8 Å². The van der Waals surface area contributed by atoms with E-state index in [4.69, 9.17) is 5.84 Å². The van der Waals surface area contributed by atoms with Crippen LogP contribution in [-0.4, -0.2) is 0 Å². The SMILES string of the molecule is NNC(Cc1ccc(I)cc1)c1cccs1. The Morgan fingerprint density at radius 1 is 1.25 bits per heavy atom. The van der Waals surface area contributed by atoms with Gasteiger partial charge in [-0.05, 0) is 58.2 Å². The van der Waals surface area contributed by atoms with Crippen molar-refractivity contribution in [2.45, 2.75) is 12.5 Å². The molecule has 0 amide bonds. The Kier molecular flexibility index (Phi) is 4.34. The minimum absolute atomic E-state index is 0.208. The fourth-order valence-corrected chi connectivity index (χ4v) is 2.73. The fourth-order valence-electron chi connectivity index (χ4n) is 1.59. The third-order valence-corrected chi connectivity index (χ3v) is 4.15. The largest absolute Gasteiger partial charge is 0.271 e. The molecule has 16 heavy (non-hydrogen) atoms. The van der Waals surface area contributed by atoms with Gasteiger partial charge in [-0.15, -0.1) is 11.3 Å². The molecule has 0 saturated carbocycles. The zero-order valence-electron chi connectivity index (χ0n) is 8.69. The van der Waals surface area contributed by atoms with Crippen LogP contribution in [0.1, 0.15) is 16.5 Å². The van der Waals surface area contributed by atoms with Crippen LogP contribution in [0.25, 0.3) is 0 Å². The van der Waals surface area contributed by atoms with Crippen molar-refractivity contribution in [2.75, 3.05) is 0 Å². The number of hydrogen-bond acceptors (Lipinski definition) is 3. The van der Waals surface area contributed by atoms with Gasteiger partial charge < -0.3 is 0 Å². The van der Waals surface area contributed by atoms with Crippen LogP contribution in [0.2, 0.25) is 0 Å². The van der Waals surface area contributed by atoms with E-state index in [0.29, 0.717) is 0 Å². The number of rotatable bonds is 4. The number of nitrogens with two attached hydrogens (primary N) is 1. The monoisotopic (exact) mass is 344 g/mol. The molecule has 0 aliphatic heterocycles. The fraction of sp³-hybridized carbons (Fsp3) is 0.167. The van der Waals surface area contributed by atoms with Crippen LogP contribution in [-0.2, 0) is 6.42 Å². The third kappa shape index (κ3) is 3.04. The first-order chi connectivity index (χ1) is 7.79. The summed E-state index contributed by atoms with van der Waals surface area (Å²) < 4.78 is 1.26. The molecule has 1 atom stereocenters. The van der Waals surface area contributed by atoms with Crippen molar-refractivity contribution < 1.29 is 0 Å². The highest BCUT2D eigenvalue weighted by Crippen LogP contribution is 2.22. The van der Waals surface area contributed by atoms with Gasteiger partial charge in [-0.1, -0.05) is 18.2 Å². The lowest BCUT2D eigenvalue weighted by molar-refractivity contribution is 0.560. The van der Waals surface area contributed by atoms with Crippen molar-refractivity contribution in [1.82, 2.24) is 5.43 Å². The Bertz CT molecular complexity index is 425. The maximum atomic E-state index is 5.60. The van der Waals surface area contributed by atoms with Crippen molar-refractivity contribution in [3.05, 3.63) is 55.8 Å². The number of halogens is 1. The average Bonchev–Trinajstić information content (AvgIpc) is 2.82. The van der Waals surface area contributed by atoms with Gasteiger partial charge in [-0.2, -0.15) is 0 Å². The highest BCUT2D eigenvalue weighted by atomic mass is 127. The van der Waals surface area contributed by atoms with E-state index >= 15 is 0 Å². The lowest BCUT2D eigenvalue weighted by atomic mass is 10.1. The van der Waals surface area contributed by atoms with Crippen molar-refractivity contribution in [3.8, 4) is 0 Å². The highest BCUT2D eigenvalue weighted by Gasteiger charge is 2.10. The van der Waals surface area contributed by atoms with Crippen LogP contribution in [0.4, 0.5) is 0 Å². The van der Waals surface area contributed by atoms with Crippen molar-refractivity contribution >= 4 is 33.9 Å². The van der Waals surface area contributed by atoms with Crippen molar-refractivity contribution in [2.24, 2.45) is 5.84 Å². The van der Waals surface area contributed by atoms with Crippen molar-refractivity contribution in [1.29, 1.82) is 0 Å². The Morgan fingerprint density at radius 3 is 2.56 bits per heavy atom. The van der Waals surface area contributed by atoms with E-state index in [1.807, 2.05) is 0 Å². The summed E-state index contributed by atoms with van der Waals surface area (Å²) in [5.74, 6) is 5.60. The molecule has 0 radical (unpaired) electrons. The molecule has 1 heterocycles. The molecular weight excluding hydrogens is 331 g/mol. The van der Waals surface area contributed by atoms with Gasteiger partial charge in [-0.25, -0.2) is 0 Å². The summed E-state index contributed by atoms with van der Waals surface area (Å²) in [4.78, 5) is 1.28. The first kappa shape index (κ1) is 12.0. The molecule has 1 aromatic heterocycles. The van der Waals surface area contributed by atoms with E-state index in [1.165, 1.54) is 14.0 Å². The molecule has 1 unspecified atom stereocenters. The Balaban J connectivity index is 2.10. The van der Waals surface area contributed by atoms with Gasteiger partial charge in [0.25, 0.3) is 0 Å². The predicted octanol–water partition coefficient (Wildman–Crippen LogP) is 3.10. The zero-order chi connectivity index (χ0) is 11.4.